The van der Waals surface area contributed by atoms with Crippen LogP contribution in [0, 0.1) is 0 Å². The molecule has 1 heterocycles. The van der Waals surface area contributed by atoms with E-state index in [0.29, 0.717) is 0 Å². The molecule has 1 fully saturated rings. The van der Waals surface area contributed by atoms with Crippen LogP contribution in [0.2, 0.25) is 0 Å². The standard InChI is InChI=1S/C15H23NO2/c1-16-9-8-15(12-16,7-4-10-17)13-5-3-6-14(11-13)18-2/h3,5-6,11,17H,4,7-10,12H2,1-2H3. The molecule has 2 rings (SSSR count). The number of ether oxygens (including phenoxy) is 1. The predicted octanol–water partition coefficient (Wildman–Crippen LogP) is 2.04. The van der Waals surface area contributed by atoms with E-state index < -0.39 is 0 Å². The molecule has 1 aliphatic rings. The van der Waals surface area contributed by atoms with Crippen LogP contribution in [0.25, 0.3) is 0 Å². The summed E-state index contributed by atoms with van der Waals surface area (Å²) in [6, 6.07) is 8.39. The molecule has 1 aromatic carbocycles. The zero-order chi connectivity index (χ0) is 13.0. The molecule has 1 atom stereocenters. The number of hydrogen-bond donors (Lipinski definition) is 1. The first-order chi connectivity index (χ1) is 8.70. The molecule has 0 amide bonds. The highest BCUT2D eigenvalue weighted by atomic mass is 16.5. The van der Waals surface area contributed by atoms with E-state index in [0.717, 1.165) is 38.1 Å². The number of likely N-dealkylation sites (N-methyl/N-ethyl adjacent to an activating group) is 1. The van der Waals surface area contributed by atoms with E-state index >= 15 is 0 Å². The van der Waals surface area contributed by atoms with Gasteiger partial charge in [-0.15, -0.1) is 0 Å². The van der Waals surface area contributed by atoms with Gasteiger partial charge in [0, 0.05) is 18.6 Å². The number of nitrogens with zero attached hydrogens (tertiary/aromatic N) is 1. The van der Waals surface area contributed by atoms with Crippen molar-refractivity contribution in [2.24, 2.45) is 0 Å². The van der Waals surface area contributed by atoms with Crippen LogP contribution in [-0.2, 0) is 5.41 Å². The summed E-state index contributed by atoms with van der Waals surface area (Å²) in [5.41, 5.74) is 1.53. The van der Waals surface area contributed by atoms with Gasteiger partial charge in [-0.2, -0.15) is 0 Å². The van der Waals surface area contributed by atoms with Gasteiger partial charge >= 0.3 is 0 Å². The first-order valence-corrected chi connectivity index (χ1v) is 6.64. The summed E-state index contributed by atoms with van der Waals surface area (Å²) in [7, 11) is 3.88. The fraction of sp³-hybridized carbons (Fsp3) is 0.600. The minimum absolute atomic E-state index is 0.187. The highest BCUT2D eigenvalue weighted by Gasteiger charge is 2.37. The maximum absolute atomic E-state index is 9.12. The number of rotatable bonds is 5. The Kier molecular flexibility index (Phi) is 4.25. The first-order valence-electron chi connectivity index (χ1n) is 6.64. The molecule has 0 bridgehead atoms. The van der Waals surface area contributed by atoms with Gasteiger partial charge in [0.1, 0.15) is 5.75 Å². The predicted molar refractivity (Wildman–Crippen MR) is 73.1 cm³/mol. The number of methoxy groups -OCH3 is 1. The second kappa shape index (κ2) is 5.72. The molecular weight excluding hydrogens is 226 g/mol. The van der Waals surface area contributed by atoms with Crippen molar-refractivity contribution in [2.75, 3.05) is 33.9 Å². The molecule has 3 nitrogen and oxygen atoms in total. The Balaban J connectivity index is 2.27. The number of benzene rings is 1. The van der Waals surface area contributed by atoms with E-state index in [1.54, 1.807) is 7.11 Å². The van der Waals surface area contributed by atoms with Crippen molar-refractivity contribution >= 4 is 0 Å². The molecule has 18 heavy (non-hydrogen) atoms. The van der Waals surface area contributed by atoms with Gasteiger partial charge in [0.15, 0.2) is 0 Å². The lowest BCUT2D eigenvalue weighted by molar-refractivity contribution is 0.257. The Morgan fingerprint density at radius 3 is 2.89 bits per heavy atom. The summed E-state index contributed by atoms with van der Waals surface area (Å²) in [6.07, 6.45) is 3.07. The molecule has 1 saturated heterocycles. The van der Waals surface area contributed by atoms with E-state index in [-0.39, 0.29) is 12.0 Å². The van der Waals surface area contributed by atoms with Crippen LogP contribution in [0.3, 0.4) is 0 Å². The minimum Gasteiger partial charge on any atom is -0.497 e. The van der Waals surface area contributed by atoms with Crippen molar-refractivity contribution in [3.8, 4) is 5.75 Å². The Hall–Kier alpha value is -1.06. The second-order valence-corrected chi connectivity index (χ2v) is 5.33. The minimum atomic E-state index is 0.187. The van der Waals surface area contributed by atoms with E-state index in [1.807, 2.05) is 6.07 Å². The number of aliphatic hydroxyl groups is 1. The van der Waals surface area contributed by atoms with E-state index in [1.165, 1.54) is 5.56 Å². The highest BCUT2D eigenvalue weighted by Crippen LogP contribution is 2.39. The molecular formula is C15H23NO2. The monoisotopic (exact) mass is 249 g/mol. The maximum atomic E-state index is 9.12. The number of aliphatic hydroxyl groups excluding tert-OH is 1. The van der Waals surface area contributed by atoms with Gasteiger partial charge in [-0.3, -0.25) is 0 Å². The maximum Gasteiger partial charge on any atom is 0.119 e. The molecule has 3 heteroatoms. The Morgan fingerprint density at radius 1 is 1.44 bits per heavy atom. The Labute approximate surface area is 109 Å². The molecule has 1 unspecified atom stereocenters. The molecule has 0 aliphatic carbocycles. The summed E-state index contributed by atoms with van der Waals surface area (Å²) in [4.78, 5) is 2.37. The van der Waals surface area contributed by atoms with Crippen LogP contribution in [0.1, 0.15) is 24.8 Å². The lowest BCUT2D eigenvalue weighted by Gasteiger charge is -2.30. The van der Waals surface area contributed by atoms with E-state index in [4.69, 9.17) is 9.84 Å². The summed E-state index contributed by atoms with van der Waals surface area (Å²) < 4.78 is 5.33. The SMILES string of the molecule is COc1cccc(C2(CCCO)CCN(C)C2)c1. The number of hydrogen-bond acceptors (Lipinski definition) is 3. The van der Waals surface area contributed by atoms with Gasteiger partial charge in [-0.1, -0.05) is 12.1 Å². The van der Waals surface area contributed by atoms with Crippen LogP contribution in [0.4, 0.5) is 0 Å². The first kappa shape index (κ1) is 13.4. The summed E-state index contributed by atoms with van der Waals surface area (Å²) in [5.74, 6) is 0.922. The largest absolute Gasteiger partial charge is 0.497 e. The van der Waals surface area contributed by atoms with Gasteiger partial charge in [0.05, 0.1) is 7.11 Å². The molecule has 0 spiro atoms. The molecule has 1 aliphatic heterocycles. The van der Waals surface area contributed by atoms with Crippen molar-refractivity contribution in [3.05, 3.63) is 29.8 Å². The van der Waals surface area contributed by atoms with Gasteiger partial charge < -0.3 is 14.7 Å². The quantitative estimate of drug-likeness (QED) is 0.867. The summed E-state index contributed by atoms with van der Waals surface area (Å²) in [6.45, 7) is 2.47. The third-order valence-electron chi connectivity index (χ3n) is 4.04. The topological polar surface area (TPSA) is 32.7 Å². The smallest absolute Gasteiger partial charge is 0.119 e. The highest BCUT2D eigenvalue weighted by molar-refractivity contribution is 5.35. The lowest BCUT2D eigenvalue weighted by Crippen LogP contribution is -2.30. The molecule has 100 valence electrons. The van der Waals surface area contributed by atoms with Crippen LogP contribution < -0.4 is 4.74 Å². The Bertz CT molecular complexity index is 394. The third kappa shape index (κ3) is 2.68. The zero-order valence-electron chi connectivity index (χ0n) is 11.4. The molecule has 1 N–H and O–H groups in total. The fourth-order valence-electron chi connectivity index (χ4n) is 3.03. The van der Waals surface area contributed by atoms with Crippen LogP contribution >= 0.6 is 0 Å². The van der Waals surface area contributed by atoms with E-state index in [2.05, 4.69) is 30.1 Å². The molecule has 0 radical (unpaired) electrons. The number of likely N-dealkylation sites (tertiary alicyclic amines) is 1. The zero-order valence-corrected chi connectivity index (χ0v) is 11.4. The van der Waals surface area contributed by atoms with Gasteiger partial charge in [0.2, 0.25) is 0 Å². The van der Waals surface area contributed by atoms with Crippen LogP contribution in [-0.4, -0.2) is 43.9 Å². The fourth-order valence-corrected chi connectivity index (χ4v) is 3.03. The average molecular weight is 249 g/mol. The summed E-state index contributed by atoms with van der Waals surface area (Å²) >= 11 is 0. The third-order valence-corrected chi connectivity index (χ3v) is 4.04. The van der Waals surface area contributed by atoms with Crippen molar-refractivity contribution in [3.63, 3.8) is 0 Å². The van der Waals surface area contributed by atoms with Crippen molar-refractivity contribution in [1.29, 1.82) is 0 Å². The van der Waals surface area contributed by atoms with Gasteiger partial charge in [0.25, 0.3) is 0 Å². The van der Waals surface area contributed by atoms with Crippen molar-refractivity contribution in [2.45, 2.75) is 24.7 Å². The van der Waals surface area contributed by atoms with Gasteiger partial charge in [-0.05, 0) is 50.6 Å². The van der Waals surface area contributed by atoms with Crippen molar-refractivity contribution in [1.82, 2.24) is 4.90 Å². The lowest BCUT2D eigenvalue weighted by atomic mass is 9.76. The van der Waals surface area contributed by atoms with Crippen LogP contribution in [0.15, 0.2) is 24.3 Å². The van der Waals surface area contributed by atoms with Crippen molar-refractivity contribution < 1.29 is 9.84 Å². The molecule has 1 aromatic rings. The molecule has 0 saturated carbocycles. The Morgan fingerprint density at radius 2 is 2.28 bits per heavy atom. The van der Waals surface area contributed by atoms with Crippen LogP contribution in [0.5, 0.6) is 5.75 Å². The van der Waals surface area contributed by atoms with Gasteiger partial charge in [-0.25, -0.2) is 0 Å². The van der Waals surface area contributed by atoms with E-state index in [9.17, 15) is 0 Å². The average Bonchev–Trinajstić information content (AvgIpc) is 2.79. The normalized spacial score (nSPS) is 24.4. The molecule has 0 aromatic heterocycles. The second-order valence-electron chi connectivity index (χ2n) is 5.33. The summed E-state index contributed by atoms with van der Waals surface area (Å²) in [5, 5.41) is 9.12.